The molecule has 1 aromatic rings. The molecule has 1 rings (SSSR count). The van der Waals surface area contributed by atoms with Crippen LogP contribution in [0.1, 0.15) is 32.3 Å². The van der Waals surface area contributed by atoms with Gasteiger partial charge in [-0.05, 0) is 57.4 Å². The summed E-state index contributed by atoms with van der Waals surface area (Å²) in [5, 5.41) is 12.7. The zero-order valence-electron chi connectivity index (χ0n) is 10.8. The fraction of sp³-hybridized carbons (Fsp3) is 0.467. The van der Waals surface area contributed by atoms with E-state index >= 15 is 0 Å². The quantitative estimate of drug-likeness (QED) is 0.559. The van der Waals surface area contributed by atoms with Crippen LogP contribution in [0.15, 0.2) is 36.4 Å². The zero-order chi connectivity index (χ0) is 12.5. The number of phenolic OH excluding ortho intramolecular Hbond substituents is 1. The molecule has 2 heteroatoms. The lowest BCUT2D eigenvalue weighted by Gasteiger charge is -2.12. The summed E-state index contributed by atoms with van der Waals surface area (Å²) in [6.45, 7) is 5.31. The fourth-order valence-electron chi connectivity index (χ4n) is 1.73. The summed E-state index contributed by atoms with van der Waals surface area (Å²) < 4.78 is 0. The summed E-state index contributed by atoms with van der Waals surface area (Å²) in [4.78, 5) is 0. The van der Waals surface area contributed by atoms with Crippen LogP contribution in [0.2, 0.25) is 0 Å². The van der Waals surface area contributed by atoms with Gasteiger partial charge in [0.25, 0.3) is 0 Å². The Hall–Kier alpha value is -1.28. The van der Waals surface area contributed by atoms with Crippen molar-refractivity contribution in [3.8, 4) is 5.75 Å². The molecule has 0 aromatic heterocycles. The van der Waals surface area contributed by atoms with Crippen LogP contribution in [0.25, 0.3) is 0 Å². The lowest BCUT2D eigenvalue weighted by Crippen LogP contribution is -2.27. The molecule has 0 radical (unpaired) electrons. The van der Waals surface area contributed by atoms with Gasteiger partial charge in [0.1, 0.15) is 5.75 Å². The maximum absolute atomic E-state index is 9.18. The van der Waals surface area contributed by atoms with Gasteiger partial charge in [-0.3, -0.25) is 0 Å². The Morgan fingerprint density at radius 3 is 2.65 bits per heavy atom. The van der Waals surface area contributed by atoms with Crippen LogP contribution < -0.4 is 5.32 Å². The van der Waals surface area contributed by atoms with Crippen molar-refractivity contribution in [2.24, 2.45) is 0 Å². The first-order valence-electron chi connectivity index (χ1n) is 6.35. The van der Waals surface area contributed by atoms with Crippen LogP contribution in [0.5, 0.6) is 5.75 Å². The molecule has 1 atom stereocenters. The summed E-state index contributed by atoms with van der Waals surface area (Å²) in [7, 11) is 0. The predicted molar refractivity (Wildman–Crippen MR) is 73.3 cm³/mol. The molecule has 17 heavy (non-hydrogen) atoms. The molecule has 0 aliphatic rings. The van der Waals surface area contributed by atoms with E-state index in [1.165, 1.54) is 5.56 Å². The van der Waals surface area contributed by atoms with Gasteiger partial charge in [-0.1, -0.05) is 24.3 Å². The monoisotopic (exact) mass is 233 g/mol. The topological polar surface area (TPSA) is 32.3 Å². The number of benzene rings is 1. The number of allylic oxidation sites excluding steroid dienone is 1. The molecular formula is C15H23NO. The predicted octanol–water partition coefficient (Wildman–Crippen LogP) is 3.27. The van der Waals surface area contributed by atoms with Crippen molar-refractivity contribution in [3.63, 3.8) is 0 Å². The fourth-order valence-corrected chi connectivity index (χ4v) is 1.73. The summed E-state index contributed by atoms with van der Waals surface area (Å²) >= 11 is 0. The van der Waals surface area contributed by atoms with E-state index in [1.807, 2.05) is 19.1 Å². The first kappa shape index (κ1) is 13.8. The molecule has 0 saturated heterocycles. The van der Waals surface area contributed by atoms with Gasteiger partial charge in [0.15, 0.2) is 0 Å². The second-order valence-electron chi connectivity index (χ2n) is 4.42. The second kappa shape index (κ2) is 7.91. The molecule has 0 aliphatic heterocycles. The first-order chi connectivity index (χ1) is 8.22. The minimum Gasteiger partial charge on any atom is -0.508 e. The minimum atomic E-state index is 0.339. The number of nitrogens with one attached hydrogen (secondary N) is 1. The van der Waals surface area contributed by atoms with Crippen molar-refractivity contribution >= 4 is 0 Å². The van der Waals surface area contributed by atoms with Crippen LogP contribution in [0.3, 0.4) is 0 Å². The van der Waals surface area contributed by atoms with Gasteiger partial charge in [0.05, 0.1) is 0 Å². The molecule has 0 fully saturated rings. The molecular weight excluding hydrogens is 210 g/mol. The first-order valence-corrected chi connectivity index (χ1v) is 6.35. The largest absolute Gasteiger partial charge is 0.508 e. The van der Waals surface area contributed by atoms with Gasteiger partial charge < -0.3 is 10.4 Å². The molecule has 0 saturated carbocycles. The summed E-state index contributed by atoms with van der Waals surface area (Å²) in [6.07, 6.45) is 7.54. The highest BCUT2D eigenvalue weighted by atomic mass is 16.3. The van der Waals surface area contributed by atoms with E-state index in [0.29, 0.717) is 11.8 Å². The lowest BCUT2D eigenvalue weighted by atomic mass is 10.1. The molecule has 94 valence electrons. The smallest absolute Gasteiger partial charge is 0.115 e. The van der Waals surface area contributed by atoms with Gasteiger partial charge in [0, 0.05) is 6.04 Å². The van der Waals surface area contributed by atoms with Crippen LogP contribution in [0.4, 0.5) is 0 Å². The zero-order valence-corrected chi connectivity index (χ0v) is 10.8. The molecule has 0 heterocycles. The summed E-state index contributed by atoms with van der Waals surface area (Å²) in [5.41, 5.74) is 1.28. The maximum Gasteiger partial charge on any atom is 0.115 e. The number of aryl methyl sites for hydroxylation is 1. The lowest BCUT2D eigenvalue weighted by molar-refractivity contribution is 0.474. The Morgan fingerprint density at radius 2 is 2.00 bits per heavy atom. The SMILES string of the molecule is C/C=C/CCNC(C)CCc1ccc(O)cc1. The minimum absolute atomic E-state index is 0.339. The van der Waals surface area contributed by atoms with E-state index in [1.54, 1.807) is 12.1 Å². The normalized spacial score (nSPS) is 13.1. The van der Waals surface area contributed by atoms with Gasteiger partial charge in [-0.15, -0.1) is 0 Å². The van der Waals surface area contributed by atoms with Gasteiger partial charge in [0.2, 0.25) is 0 Å². The maximum atomic E-state index is 9.18. The van der Waals surface area contributed by atoms with E-state index < -0.39 is 0 Å². The summed E-state index contributed by atoms with van der Waals surface area (Å²) in [6, 6.07) is 8.01. The third-order valence-corrected chi connectivity index (χ3v) is 2.84. The van der Waals surface area contributed by atoms with Crippen molar-refractivity contribution in [1.29, 1.82) is 0 Å². The number of phenols is 1. The molecule has 0 bridgehead atoms. The van der Waals surface area contributed by atoms with Crippen molar-refractivity contribution in [2.45, 2.75) is 39.2 Å². The standard InChI is InChI=1S/C15H23NO/c1-3-4-5-12-16-13(2)6-7-14-8-10-15(17)11-9-14/h3-4,8-11,13,16-17H,5-7,12H2,1-2H3/b4-3+. The second-order valence-corrected chi connectivity index (χ2v) is 4.42. The van der Waals surface area contributed by atoms with Gasteiger partial charge in [-0.2, -0.15) is 0 Å². The highest BCUT2D eigenvalue weighted by Crippen LogP contribution is 2.11. The number of hydrogen-bond acceptors (Lipinski definition) is 2. The van der Waals surface area contributed by atoms with E-state index in [4.69, 9.17) is 0 Å². The Morgan fingerprint density at radius 1 is 1.29 bits per heavy atom. The van der Waals surface area contributed by atoms with Crippen molar-refractivity contribution in [3.05, 3.63) is 42.0 Å². The average Bonchev–Trinajstić information content (AvgIpc) is 2.34. The molecule has 1 unspecified atom stereocenters. The average molecular weight is 233 g/mol. The van der Waals surface area contributed by atoms with Crippen LogP contribution >= 0.6 is 0 Å². The molecule has 1 aromatic carbocycles. The molecule has 0 aliphatic carbocycles. The number of aromatic hydroxyl groups is 1. The Labute approximate surface area is 104 Å². The molecule has 0 amide bonds. The molecule has 2 nitrogen and oxygen atoms in total. The molecule has 0 spiro atoms. The number of rotatable bonds is 7. The Kier molecular flexibility index (Phi) is 6.41. The highest BCUT2D eigenvalue weighted by molar-refractivity contribution is 5.25. The Bertz CT molecular complexity index is 329. The van der Waals surface area contributed by atoms with Crippen LogP contribution in [-0.2, 0) is 6.42 Å². The Balaban J connectivity index is 2.19. The van der Waals surface area contributed by atoms with Gasteiger partial charge in [-0.25, -0.2) is 0 Å². The van der Waals surface area contributed by atoms with Crippen molar-refractivity contribution < 1.29 is 5.11 Å². The third kappa shape index (κ3) is 6.12. The van der Waals surface area contributed by atoms with Crippen molar-refractivity contribution in [1.82, 2.24) is 5.32 Å². The van der Waals surface area contributed by atoms with Crippen molar-refractivity contribution in [2.75, 3.05) is 6.54 Å². The van der Waals surface area contributed by atoms with Gasteiger partial charge >= 0.3 is 0 Å². The van der Waals surface area contributed by atoms with E-state index in [2.05, 4.69) is 24.4 Å². The molecule has 2 N–H and O–H groups in total. The van der Waals surface area contributed by atoms with E-state index in [0.717, 1.165) is 25.8 Å². The highest BCUT2D eigenvalue weighted by Gasteiger charge is 2.01. The van der Waals surface area contributed by atoms with E-state index in [9.17, 15) is 5.11 Å². The van der Waals surface area contributed by atoms with E-state index in [-0.39, 0.29) is 0 Å². The van der Waals surface area contributed by atoms with Crippen LogP contribution in [0, 0.1) is 0 Å². The third-order valence-electron chi connectivity index (χ3n) is 2.84. The summed E-state index contributed by atoms with van der Waals surface area (Å²) in [5.74, 6) is 0.339. The number of hydrogen-bond donors (Lipinski definition) is 2. The van der Waals surface area contributed by atoms with Crippen LogP contribution in [-0.4, -0.2) is 17.7 Å².